The van der Waals surface area contributed by atoms with E-state index in [2.05, 4.69) is 51.8 Å². The fraction of sp³-hybridized carbons (Fsp3) is 0.933. The smallest absolute Gasteiger partial charge is 0.241 e. The Kier molecular flexibility index (Phi) is 5.20. The molecule has 1 amide bonds. The van der Waals surface area contributed by atoms with Crippen molar-refractivity contribution in [3.05, 3.63) is 0 Å². The van der Waals surface area contributed by atoms with E-state index in [1.54, 1.807) is 0 Å². The molecule has 18 heavy (non-hydrogen) atoms. The monoisotopic (exact) mass is 254 g/mol. The van der Waals surface area contributed by atoms with Gasteiger partial charge in [-0.05, 0) is 30.6 Å². The Morgan fingerprint density at radius 2 is 1.94 bits per heavy atom. The maximum absolute atomic E-state index is 12.3. The molecule has 0 saturated carbocycles. The van der Waals surface area contributed by atoms with Crippen LogP contribution in [0.25, 0.3) is 0 Å². The molecular formula is C15H30N2O. The zero-order chi connectivity index (χ0) is 13.9. The van der Waals surface area contributed by atoms with Crippen molar-refractivity contribution in [2.75, 3.05) is 6.54 Å². The van der Waals surface area contributed by atoms with Crippen molar-refractivity contribution in [3.63, 3.8) is 0 Å². The standard InChI is InChI=1S/C15H30N2O/c1-7-12-14(18)17(9-8-15(4,5)6)13(16-12)10-11(2)3/h11-13,16H,7-10H2,1-6H3. The summed E-state index contributed by atoms with van der Waals surface area (Å²) in [6.45, 7) is 14.1. The fourth-order valence-electron chi connectivity index (χ4n) is 2.40. The number of nitrogens with one attached hydrogen (secondary N) is 1. The van der Waals surface area contributed by atoms with Gasteiger partial charge in [-0.25, -0.2) is 0 Å². The van der Waals surface area contributed by atoms with Crippen LogP contribution in [0.1, 0.15) is 60.8 Å². The van der Waals surface area contributed by atoms with Crippen molar-refractivity contribution in [1.82, 2.24) is 10.2 Å². The molecule has 1 rings (SSSR count). The minimum Gasteiger partial charge on any atom is -0.326 e. The van der Waals surface area contributed by atoms with Gasteiger partial charge in [0.15, 0.2) is 0 Å². The van der Waals surface area contributed by atoms with Crippen molar-refractivity contribution in [3.8, 4) is 0 Å². The molecule has 2 atom stereocenters. The highest BCUT2D eigenvalue weighted by Crippen LogP contribution is 2.24. The number of hydrogen-bond donors (Lipinski definition) is 1. The molecular weight excluding hydrogens is 224 g/mol. The molecule has 1 aliphatic rings. The normalized spacial score (nSPS) is 25.3. The third-order valence-corrected chi connectivity index (χ3v) is 3.56. The molecule has 1 fully saturated rings. The maximum Gasteiger partial charge on any atom is 0.241 e. The summed E-state index contributed by atoms with van der Waals surface area (Å²) in [6, 6.07) is 0.0359. The zero-order valence-electron chi connectivity index (χ0n) is 12.9. The summed E-state index contributed by atoms with van der Waals surface area (Å²) in [5.41, 5.74) is 0.285. The number of nitrogens with zero attached hydrogens (tertiary/aromatic N) is 1. The molecule has 1 N–H and O–H groups in total. The Morgan fingerprint density at radius 3 is 2.39 bits per heavy atom. The van der Waals surface area contributed by atoms with Crippen LogP contribution in [0.4, 0.5) is 0 Å². The van der Waals surface area contributed by atoms with Gasteiger partial charge in [-0.1, -0.05) is 41.5 Å². The predicted molar refractivity (Wildman–Crippen MR) is 76.2 cm³/mol. The van der Waals surface area contributed by atoms with Crippen LogP contribution in [-0.4, -0.2) is 29.6 Å². The summed E-state index contributed by atoms with van der Waals surface area (Å²) in [7, 11) is 0. The first-order valence-electron chi connectivity index (χ1n) is 7.31. The third kappa shape index (κ3) is 4.27. The second-order valence-electron chi connectivity index (χ2n) is 7.12. The first kappa shape index (κ1) is 15.5. The van der Waals surface area contributed by atoms with Gasteiger partial charge < -0.3 is 4.90 Å². The zero-order valence-corrected chi connectivity index (χ0v) is 12.9. The van der Waals surface area contributed by atoms with Crippen LogP contribution in [-0.2, 0) is 4.79 Å². The van der Waals surface area contributed by atoms with E-state index in [1.807, 2.05) is 0 Å². The Bertz CT molecular complexity index is 281. The van der Waals surface area contributed by atoms with Crippen LogP contribution >= 0.6 is 0 Å². The largest absolute Gasteiger partial charge is 0.326 e. The van der Waals surface area contributed by atoms with Crippen molar-refractivity contribution in [2.24, 2.45) is 11.3 Å². The van der Waals surface area contributed by atoms with Crippen LogP contribution in [0, 0.1) is 11.3 Å². The van der Waals surface area contributed by atoms with E-state index in [9.17, 15) is 4.79 Å². The molecule has 0 aromatic carbocycles. The van der Waals surface area contributed by atoms with Gasteiger partial charge >= 0.3 is 0 Å². The average Bonchev–Trinajstić information content (AvgIpc) is 2.50. The van der Waals surface area contributed by atoms with Crippen molar-refractivity contribution in [2.45, 2.75) is 73.0 Å². The molecule has 1 saturated heterocycles. The number of carbonyl (C=O) groups is 1. The quantitative estimate of drug-likeness (QED) is 0.818. The predicted octanol–water partition coefficient (Wildman–Crippen LogP) is 3.01. The molecule has 3 heteroatoms. The van der Waals surface area contributed by atoms with Crippen LogP contribution in [0.3, 0.4) is 0 Å². The molecule has 0 aliphatic carbocycles. The second-order valence-corrected chi connectivity index (χ2v) is 7.12. The van der Waals surface area contributed by atoms with Gasteiger partial charge in [0.2, 0.25) is 5.91 Å². The Balaban J connectivity index is 2.66. The van der Waals surface area contributed by atoms with E-state index < -0.39 is 0 Å². The van der Waals surface area contributed by atoms with Crippen LogP contribution in [0.2, 0.25) is 0 Å². The fourth-order valence-corrected chi connectivity index (χ4v) is 2.40. The highest BCUT2D eigenvalue weighted by atomic mass is 16.2. The van der Waals surface area contributed by atoms with Crippen LogP contribution < -0.4 is 5.32 Å². The summed E-state index contributed by atoms with van der Waals surface area (Å²) < 4.78 is 0. The molecule has 3 nitrogen and oxygen atoms in total. The number of rotatable bonds is 5. The minimum absolute atomic E-state index is 0.0359. The van der Waals surface area contributed by atoms with Gasteiger partial charge in [0, 0.05) is 6.54 Å². The van der Waals surface area contributed by atoms with E-state index in [-0.39, 0.29) is 17.6 Å². The molecule has 0 aromatic rings. The van der Waals surface area contributed by atoms with E-state index >= 15 is 0 Å². The van der Waals surface area contributed by atoms with E-state index in [4.69, 9.17) is 0 Å². The first-order chi connectivity index (χ1) is 8.24. The SMILES string of the molecule is CCC1NC(CC(C)C)N(CCC(C)(C)C)C1=O. The Labute approximate surface area is 112 Å². The lowest BCUT2D eigenvalue weighted by molar-refractivity contribution is -0.130. The van der Waals surface area contributed by atoms with Gasteiger partial charge in [0.1, 0.15) is 0 Å². The molecule has 1 heterocycles. The van der Waals surface area contributed by atoms with Gasteiger partial charge in [0.05, 0.1) is 12.2 Å². The van der Waals surface area contributed by atoms with E-state index in [0.29, 0.717) is 11.8 Å². The average molecular weight is 254 g/mol. The van der Waals surface area contributed by atoms with E-state index in [1.165, 1.54) is 0 Å². The van der Waals surface area contributed by atoms with Gasteiger partial charge in [-0.15, -0.1) is 0 Å². The first-order valence-corrected chi connectivity index (χ1v) is 7.31. The summed E-state index contributed by atoms with van der Waals surface area (Å²) in [5.74, 6) is 0.912. The molecule has 2 unspecified atom stereocenters. The Morgan fingerprint density at radius 1 is 1.33 bits per heavy atom. The molecule has 0 bridgehead atoms. The van der Waals surface area contributed by atoms with Crippen LogP contribution in [0.15, 0.2) is 0 Å². The lowest BCUT2D eigenvalue weighted by atomic mass is 9.92. The highest BCUT2D eigenvalue weighted by Gasteiger charge is 2.37. The maximum atomic E-state index is 12.3. The lowest BCUT2D eigenvalue weighted by Gasteiger charge is -2.28. The highest BCUT2D eigenvalue weighted by molar-refractivity contribution is 5.84. The second kappa shape index (κ2) is 6.05. The molecule has 0 radical (unpaired) electrons. The van der Waals surface area contributed by atoms with Crippen molar-refractivity contribution < 1.29 is 4.79 Å². The van der Waals surface area contributed by atoms with Gasteiger partial charge in [0.25, 0.3) is 0 Å². The summed E-state index contributed by atoms with van der Waals surface area (Å²) in [6.07, 6.45) is 3.24. The molecule has 106 valence electrons. The number of amides is 1. The third-order valence-electron chi connectivity index (χ3n) is 3.56. The van der Waals surface area contributed by atoms with Gasteiger partial charge in [-0.3, -0.25) is 10.1 Å². The summed E-state index contributed by atoms with van der Waals surface area (Å²) >= 11 is 0. The molecule has 0 aromatic heterocycles. The summed E-state index contributed by atoms with van der Waals surface area (Å²) in [5, 5.41) is 3.48. The van der Waals surface area contributed by atoms with Crippen LogP contribution in [0.5, 0.6) is 0 Å². The topological polar surface area (TPSA) is 32.3 Å². The Hall–Kier alpha value is -0.570. The molecule has 0 spiro atoms. The number of hydrogen-bond acceptors (Lipinski definition) is 2. The minimum atomic E-state index is 0.0359. The lowest BCUT2D eigenvalue weighted by Crippen LogP contribution is -2.40. The number of carbonyl (C=O) groups excluding carboxylic acids is 1. The van der Waals surface area contributed by atoms with Crippen molar-refractivity contribution in [1.29, 1.82) is 0 Å². The van der Waals surface area contributed by atoms with E-state index in [0.717, 1.165) is 25.8 Å². The molecule has 1 aliphatic heterocycles. The van der Waals surface area contributed by atoms with Gasteiger partial charge in [-0.2, -0.15) is 0 Å². The summed E-state index contributed by atoms with van der Waals surface area (Å²) in [4.78, 5) is 14.4. The van der Waals surface area contributed by atoms with Crippen molar-refractivity contribution >= 4 is 5.91 Å².